The van der Waals surface area contributed by atoms with E-state index in [1.165, 1.54) is 30.3 Å². The number of carboxylic acids is 1. The Morgan fingerprint density at radius 2 is 1.83 bits per heavy atom. The summed E-state index contributed by atoms with van der Waals surface area (Å²) in [5.74, 6) is -3.16. The molecule has 0 aliphatic carbocycles. The summed E-state index contributed by atoms with van der Waals surface area (Å²) in [6.45, 7) is 1.65. The standard InChI is InChI=1S/C21H16F2N2O4/c1-12(13-4-2-5-14(8-13)21(27)28)25-19(26)18-10-16(23)11-24-20(18)29-17-7-3-6-15(22)9-17/h2-12H,1H3,(H,25,26)(H,27,28)/t12-/m0/s1. The molecule has 0 bridgehead atoms. The largest absolute Gasteiger partial charge is 0.478 e. The maximum absolute atomic E-state index is 13.7. The first-order chi connectivity index (χ1) is 13.8. The normalized spacial score (nSPS) is 11.6. The number of carboxylic acid groups (broad SMARTS) is 1. The lowest BCUT2D eigenvalue weighted by Gasteiger charge is -2.16. The van der Waals surface area contributed by atoms with Gasteiger partial charge in [-0.25, -0.2) is 18.6 Å². The summed E-state index contributed by atoms with van der Waals surface area (Å²) in [5.41, 5.74) is 0.442. The zero-order valence-electron chi connectivity index (χ0n) is 15.2. The second kappa shape index (κ2) is 8.47. The zero-order chi connectivity index (χ0) is 21.0. The molecule has 3 rings (SSSR count). The van der Waals surface area contributed by atoms with E-state index in [0.29, 0.717) is 5.56 Å². The van der Waals surface area contributed by atoms with Gasteiger partial charge in [0.15, 0.2) is 0 Å². The van der Waals surface area contributed by atoms with E-state index < -0.39 is 29.6 Å². The van der Waals surface area contributed by atoms with Crippen molar-refractivity contribution >= 4 is 11.9 Å². The fourth-order valence-corrected chi connectivity index (χ4v) is 2.61. The number of aromatic carboxylic acids is 1. The molecule has 2 aromatic carbocycles. The summed E-state index contributed by atoms with van der Waals surface area (Å²) < 4.78 is 32.5. The van der Waals surface area contributed by atoms with Crippen molar-refractivity contribution in [2.24, 2.45) is 0 Å². The minimum Gasteiger partial charge on any atom is -0.478 e. The van der Waals surface area contributed by atoms with Crippen molar-refractivity contribution in [2.45, 2.75) is 13.0 Å². The quantitative estimate of drug-likeness (QED) is 0.645. The number of benzene rings is 2. The lowest BCUT2D eigenvalue weighted by Crippen LogP contribution is -2.27. The Morgan fingerprint density at radius 3 is 2.55 bits per heavy atom. The van der Waals surface area contributed by atoms with Crippen molar-refractivity contribution in [1.29, 1.82) is 0 Å². The van der Waals surface area contributed by atoms with Gasteiger partial charge in [0.25, 0.3) is 5.91 Å². The maximum Gasteiger partial charge on any atom is 0.335 e. The van der Waals surface area contributed by atoms with Gasteiger partial charge in [0.2, 0.25) is 5.88 Å². The zero-order valence-corrected chi connectivity index (χ0v) is 15.2. The van der Waals surface area contributed by atoms with Crippen LogP contribution in [-0.2, 0) is 0 Å². The average molecular weight is 398 g/mol. The Labute approximate surface area is 164 Å². The van der Waals surface area contributed by atoms with Crippen LogP contribution in [0.15, 0.2) is 60.8 Å². The van der Waals surface area contributed by atoms with Crippen LogP contribution < -0.4 is 10.1 Å². The van der Waals surface area contributed by atoms with Crippen molar-refractivity contribution in [3.8, 4) is 11.6 Å². The third-order valence-corrected chi connectivity index (χ3v) is 4.05. The van der Waals surface area contributed by atoms with Crippen LogP contribution in [0.1, 0.15) is 39.2 Å². The molecule has 29 heavy (non-hydrogen) atoms. The van der Waals surface area contributed by atoms with Gasteiger partial charge >= 0.3 is 5.97 Å². The van der Waals surface area contributed by atoms with Crippen molar-refractivity contribution in [3.63, 3.8) is 0 Å². The number of hydrogen-bond acceptors (Lipinski definition) is 4. The van der Waals surface area contributed by atoms with Crippen LogP contribution in [0, 0.1) is 11.6 Å². The maximum atomic E-state index is 13.7. The number of halogens is 2. The molecule has 1 atom stereocenters. The minimum atomic E-state index is -1.09. The Morgan fingerprint density at radius 1 is 1.07 bits per heavy atom. The van der Waals surface area contributed by atoms with Gasteiger partial charge in [-0.15, -0.1) is 0 Å². The molecule has 3 aromatic rings. The lowest BCUT2D eigenvalue weighted by molar-refractivity contribution is 0.0696. The number of ether oxygens (including phenoxy) is 1. The molecule has 0 spiro atoms. The summed E-state index contributed by atoms with van der Waals surface area (Å²) in [7, 11) is 0. The number of carbonyl (C=O) groups excluding carboxylic acids is 1. The van der Waals surface area contributed by atoms with Gasteiger partial charge < -0.3 is 15.2 Å². The molecule has 0 fully saturated rings. The van der Waals surface area contributed by atoms with Crippen LogP contribution in [0.4, 0.5) is 8.78 Å². The molecule has 0 radical (unpaired) electrons. The molecule has 0 saturated heterocycles. The van der Waals surface area contributed by atoms with E-state index in [2.05, 4.69) is 10.3 Å². The number of nitrogens with zero attached hydrogens (tertiary/aromatic N) is 1. The molecule has 148 valence electrons. The molecular weight excluding hydrogens is 382 g/mol. The third-order valence-electron chi connectivity index (χ3n) is 4.05. The highest BCUT2D eigenvalue weighted by molar-refractivity contribution is 5.96. The van der Waals surface area contributed by atoms with Gasteiger partial charge in [-0.2, -0.15) is 0 Å². The van der Waals surface area contributed by atoms with Gasteiger partial charge in [0.1, 0.15) is 22.9 Å². The topological polar surface area (TPSA) is 88.5 Å². The minimum absolute atomic E-state index is 0.0751. The van der Waals surface area contributed by atoms with E-state index in [0.717, 1.165) is 18.3 Å². The number of amides is 1. The third kappa shape index (κ3) is 4.92. The number of nitrogens with one attached hydrogen (secondary N) is 1. The first-order valence-corrected chi connectivity index (χ1v) is 8.56. The Hall–Kier alpha value is -3.81. The Kier molecular flexibility index (Phi) is 5.82. The molecular formula is C21H16F2N2O4. The van der Waals surface area contributed by atoms with E-state index in [-0.39, 0.29) is 22.8 Å². The molecule has 1 aromatic heterocycles. The number of pyridine rings is 1. The van der Waals surface area contributed by atoms with E-state index in [9.17, 15) is 18.4 Å². The van der Waals surface area contributed by atoms with Crippen LogP contribution in [0.5, 0.6) is 11.6 Å². The highest BCUT2D eigenvalue weighted by Gasteiger charge is 2.19. The molecule has 0 saturated carbocycles. The van der Waals surface area contributed by atoms with Gasteiger partial charge in [0, 0.05) is 6.07 Å². The second-order valence-corrected chi connectivity index (χ2v) is 6.19. The number of carbonyl (C=O) groups is 2. The van der Waals surface area contributed by atoms with Crippen molar-refractivity contribution in [3.05, 3.63) is 89.1 Å². The molecule has 1 heterocycles. The fourth-order valence-electron chi connectivity index (χ4n) is 2.61. The summed E-state index contributed by atoms with van der Waals surface area (Å²) in [4.78, 5) is 27.6. The van der Waals surface area contributed by atoms with E-state index in [1.54, 1.807) is 19.1 Å². The van der Waals surface area contributed by atoms with Crippen LogP contribution in [0.2, 0.25) is 0 Å². The molecule has 0 unspecified atom stereocenters. The first kappa shape index (κ1) is 19.9. The van der Waals surface area contributed by atoms with Gasteiger partial charge in [-0.1, -0.05) is 18.2 Å². The van der Waals surface area contributed by atoms with E-state index in [4.69, 9.17) is 9.84 Å². The van der Waals surface area contributed by atoms with Gasteiger partial charge in [-0.3, -0.25) is 4.79 Å². The van der Waals surface area contributed by atoms with Crippen LogP contribution in [-0.4, -0.2) is 22.0 Å². The number of aromatic nitrogens is 1. The molecule has 8 heteroatoms. The summed E-state index contributed by atoms with van der Waals surface area (Å²) >= 11 is 0. The predicted molar refractivity (Wildman–Crippen MR) is 100.0 cm³/mol. The molecule has 6 nitrogen and oxygen atoms in total. The van der Waals surface area contributed by atoms with Gasteiger partial charge in [0.05, 0.1) is 17.8 Å². The molecule has 1 amide bonds. The average Bonchev–Trinajstić information content (AvgIpc) is 2.69. The first-order valence-electron chi connectivity index (χ1n) is 8.56. The lowest BCUT2D eigenvalue weighted by atomic mass is 10.0. The molecule has 0 aliphatic heterocycles. The van der Waals surface area contributed by atoms with Gasteiger partial charge in [-0.05, 0) is 42.8 Å². The SMILES string of the molecule is C[C@H](NC(=O)c1cc(F)cnc1Oc1cccc(F)c1)c1cccc(C(=O)O)c1. The monoisotopic (exact) mass is 398 g/mol. The highest BCUT2D eigenvalue weighted by Crippen LogP contribution is 2.25. The van der Waals surface area contributed by atoms with Crippen LogP contribution in [0.25, 0.3) is 0 Å². The smallest absolute Gasteiger partial charge is 0.335 e. The predicted octanol–water partition coefficient (Wildman–Crippen LogP) is 4.34. The van der Waals surface area contributed by atoms with E-state index >= 15 is 0 Å². The van der Waals surface area contributed by atoms with Crippen LogP contribution in [0.3, 0.4) is 0 Å². The van der Waals surface area contributed by atoms with E-state index in [1.807, 2.05) is 0 Å². The Balaban J connectivity index is 1.84. The fraction of sp³-hybridized carbons (Fsp3) is 0.0952. The Bertz CT molecular complexity index is 1070. The molecule has 0 aliphatic rings. The summed E-state index contributed by atoms with van der Waals surface area (Å²) in [6.07, 6.45) is 0.880. The summed E-state index contributed by atoms with van der Waals surface area (Å²) in [5, 5.41) is 11.7. The highest BCUT2D eigenvalue weighted by atomic mass is 19.1. The van der Waals surface area contributed by atoms with Crippen molar-refractivity contribution in [1.82, 2.24) is 10.3 Å². The number of hydrogen-bond donors (Lipinski definition) is 2. The van der Waals surface area contributed by atoms with Crippen molar-refractivity contribution < 1.29 is 28.2 Å². The number of rotatable bonds is 6. The summed E-state index contributed by atoms with van der Waals surface area (Å²) in [6, 6.07) is 11.7. The van der Waals surface area contributed by atoms with Crippen LogP contribution >= 0.6 is 0 Å². The van der Waals surface area contributed by atoms with Crippen molar-refractivity contribution in [2.75, 3.05) is 0 Å². The second-order valence-electron chi connectivity index (χ2n) is 6.19. The molecule has 2 N–H and O–H groups in total.